The molecule has 0 unspecified atom stereocenters. The van der Waals surface area contributed by atoms with Crippen molar-refractivity contribution in [3.05, 3.63) is 123 Å². The summed E-state index contributed by atoms with van der Waals surface area (Å²) >= 11 is 4.96. The van der Waals surface area contributed by atoms with Crippen LogP contribution in [0.2, 0.25) is 0 Å². The molecular formula is C33H28BrFN2O4S. The number of carbonyl (C=O) groups excluding carboxylic acids is 1. The van der Waals surface area contributed by atoms with Gasteiger partial charge in [0.1, 0.15) is 18.2 Å². The number of amidine groups is 1. The van der Waals surface area contributed by atoms with Crippen LogP contribution in [0.1, 0.15) is 23.6 Å². The molecule has 0 spiro atoms. The van der Waals surface area contributed by atoms with Gasteiger partial charge in [0.15, 0.2) is 16.7 Å². The first-order valence-electron chi connectivity index (χ1n) is 13.2. The van der Waals surface area contributed by atoms with Gasteiger partial charge in [0, 0.05) is 4.47 Å². The van der Waals surface area contributed by atoms with Crippen molar-refractivity contribution < 1.29 is 23.4 Å². The quantitative estimate of drug-likeness (QED) is 0.162. The minimum Gasteiger partial charge on any atom is -0.497 e. The van der Waals surface area contributed by atoms with Gasteiger partial charge in [-0.25, -0.2) is 9.38 Å². The Hall–Kier alpha value is -4.08. The number of hydrogen-bond donors (Lipinski definition) is 0. The number of aliphatic imine (C=N–C) groups is 1. The molecule has 214 valence electrons. The topological polar surface area (TPSA) is 60.4 Å². The van der Waals surface area contributed by atoms with Gasteiger partial charge in [-0.3, -0.25) is 9.69 Å². The van der Waals surface area contributed by atoms with Crippen LogP contribution in [0.25, 0.3) is 6.08 Å². The molecule has 1 heterocycles. The lowest BCUT2D eigenvalue weighted by molar-refractivity contribution is -0.122. The van der Waals surface area contributed by atoms with Gasteiger partial charge in [0.05, 0.1) is 30.9 Å². The van der Waals surface area contributed by atoms with Crippen LogP contribution in [0.3, 0.4) is 0 Å². The highest BCUT2D eigenvalue weighted by Gasteiger charge is 2.34. The predicted molar refractivity (Wildman–Crippen MR) is 169 cm³/mol. The molecule has 1 saturated heterocycles. The Morgan fingerprint density at radius 3 is 2.31 bits per heavy atom. The summed E-state index contributed by atoms with van der Waals surface area (Å²) in [4.78, 5) is 20.7. The summed E-state index contributed by atoms with van der Waals surface area (Å²) < 4.78 is 31.2. The molecule has 0 radical (unpaired) electrons. The second-order valence-corrected chi connectivity index (χ2v) is 11.1. The fourth-order valence-corrected chi connectivity index (χ4v) is 5.61. The van der Waals surface area contributed by atoms with Gasteiger partial charge in [-0.1, -0.05) is 58.4 Å². The largest absolute Gasteiger partial charge is 0.497 e. The highest BCUT2D eigenvalue weighted by Crippen LogP contribution is 2.39. The number of rotatable bonds is 10. The molecule has 5 rings (SSSR count). The normalized spacial score (nSPS) is 15.0. The number of halogens is 2. The third kappa shape index (κ3) is 7.21. The maximum absolute atomic E-state index is 13.7. The maximum Gasteiger partial charge on any atom is 0.267 e. The van der Waals surface area contributed by atoms with Crippen LogP contribution in [-0.2, 0) is 17.9 Å². The van der Waals surface area contributed by atoms with Crippen LogP contribution in [0, 0.1) is 5.82 Å². The zero-order valence-corrected chi connectivity index (χ0v) is 25.5. The van der Waals surface area contributed by atoms with Crippen LogP contribution in [0.5, 0.6) is 17.2 Å². The Bertz CT molecular complexity index is 1610. The van der Waals surface area contributed by atoms with Crippen molar-refractivity contribution in [2.45, 2.75) is 20.1 Å². The minimum atomic E-state index is -0.298. The Kier molecular flexibility index (Phi) is 9.61. The van der Waals surface area contributed by atoms with Gasteiger partial charge in [-0.15, -0.1) is 0 Å². The predicted octanol–water partition coefficient (Wildman–Crippen LogP) is 8.38. The summed E-state index contributed by atoms with van der Waals surface area (Å²) in [5.41, 5.74) is 3.30. The molecule has 0 N–H and O–H groups in total. The van der Waals surface area contributed by atoms with Gasteiger partial charge in [-0.2, -0.15) is 0 Å². The van der Waals surface area contributed by atoms with Crippen molar-refractivity contribution >= 4 is 50.5 Å². The standard InChI is InChI=1S/C33H28BrFN2O4S/c1-3-40-29-17-24(28(34)19-30(29)41-21-23-9-13-25(35)14-10-23)18-31-32(38)37(20-22-11-15-27(39-2)16-12-22)33(42-31)36-26-7-5-4-6-8-26/h4-19H,3,20-21H2,1-2H3/b31-18-,36-33?. The van der Waals surface area contributed by atoms with E-state index in [9.17, 15) is 9.18 Å². The summed E-state index contributed by atoms with van der Waals surface area (Å²) in [7, 11) is 1.62. The van der Waals surface area contributed by atoms with Crippen molar-refractivity contribution in [1.82, 2.24) is 4.90 Å². The van der Waals surface area contributed by atoms with E-state index in [-0.39, 0.29) is 18.3 Å². The number of benzene rings is 4. The lowest BCUT2D eigenvalue weighted by Crippen LogP contribution is -2.28. The Morgan fingerprint density at radius 1 is 0.929 bits per heavy atom. The average Bonchev–Trinajstić information content (AvgIpc) is 3.28. The summed E-state index contributed by atoms with van der Waals surface area (Å²) in [6.45, 7) is 2.94. The molecule has 1 aliphatic heterocycles. The molecule has 0 aliphatic carbocycles. The Labute approximate surface area is 257 Å². The van der Waals surface area contributed by atoms with E-state index in [1.807, 2.05) is 79.7 Å². The monoisotopic (exact) mass is 646 g/mol. The lowest BCUT2D eigenvalue weighted by Gasteiger charge is -2.16. The third-order valence-corrected chi connectivity index (χ3v) is 8.02. The molecule has 0 atom stereocenters. The molecular weight excluding hydrogens is 619 g/mol. The van der Waals surface area contributed by atoms with E-state index in [2.05, 4.69) is 15.9 Å². The zero-order chi connectivity index (χ0) is 29.5. The second kappa shape index (κ2) is 13.7. The number of methoxy groups -OCH3 is 1. The molecule has 0 bridgehead atoms. The molecule has 0 saturated carbocycles. The maximum atomic E-state index is 13.7. The van der Waals surface area contributed by atoms with Crippen LogP contribution >= 0.6 is 27.7 Å². The van der Waals surface area contributed by atoms with Crippen LogP contribution in [-0.4, -0.2) is 29.7 Å². The molecule has 1 fully saturated rings. The molecule has 9 heteroatoms. The first-order chi connectivity index (χ1) is 20.4. The second-order valence-electron chi connectivity index (χ2n) is 9.25. The highest BCUT2D eigenvalue weighted by atomic mass is 79.9. The smallest absolute Gasteiger partial charge is 0.267 e. The number of carbonyl (C=O) groups is 1. The molecule has 42 heavy (non-hydrogen) atoms. The molecule has 1 aliphatic rings. The van der Waals surface area contributed by atoms with E-state index in [4.69, 9.17) is 19.2 Å². The number of ether oxygens (including phenoxy) is 3. The van der Waals surface area contributed by atoms with Crippen LogP contribution in [0.4, 0.5) is 10.1 Å². The number of para-hydroxylation sites is 1. The third-order valence-electron chi connectivity index (χ3n) is 6.33. The van der Waals surface area contributed by atoms with E-state index in [0.717, 1.165) is 32.6 Å². The van der Waals surface area contributed by atoms with Crippen LogP contribution < -0.4 is 14.2 Å². The molecule has 4 aromatic carbocycles. The Morgan fingerprint density at radius 2 is 1.62 bits per heavy atom. The van der Waals surface area contributed by atoms with Crippen molar-refractivity contribution in [1.29, 1.82) is 0 Å². The van der Waals surface area contributed by atoms with E-state index >= 15 is 0 Å². The van der Waals surface area contributed by atoms with E-state index < -0.39 is 0 Å². The van der Waals surface area contributed by atoms with E-state index in [1.165, 1.54) is 23.9 Å². The zero-order valence-electron chi connectivity index (χ0n) is 23.1. The van der Waals surface area contributed by atoms with Crippen molar-refractivity contribution in [3.63, 3.8) is 0 Å². The molecule has 0 aromatic heterocycles. The Balaban J connectivity index is 1.44. The van der Waals surface area contributed by atoms with Crippen molar-refractivity contribution in [3.8, 4) is 17.2 Å². The molecule has 1 amide bonds. The molecule has 4 aromatic rings. The highest BCUT2D eigenvalue weighted by molar-refractivity contribution is 9.10. The average molecular weight is 648 g/mol. The van der Waals surface area contributed by atoms with E-state index in [1.54, 1.807) is 24.1 Å². The van der Waals surface area contributed by atoms with Gasteiger partial charge in [0.2, 0.25) is 0 Å². The minimum absolute atomic E-state index is 0.146. The molecule has 6 nitrogen and oxygen atoms in total. The first-order valence-corrected chi connectivity index (χ1v) is 14.9. The summed E-state index contributed by atoms with van der Waals surface area (Å²) in [6, 6.07) is 27.0. The number of nitrogens with zero attached hydrogens (tertiary/aromatic N) is 2. The fourth-order valence-electron chi connectivity index (χ4n) is 4.18. The summed E-state index contributed by atoms with van der Waals surface area (Å²) in [5.74, 6) is 1.38. The van der Waals surface area contributed by atoms with Gasteiger partial charge < -0.3 is 14.2 Å². The SMILES string of the molecule is CCOc1cc(/C=C2\SC(=Nc3ccccc3)N(Cc3ccc(OC)cc3)C2=O)c(Br)cc1OCc1ccc(F)cc1. The first kappa shape index (κ1) is 29.4. The van der Waals surface area contributed by atoms with E-state index in [0.29, 0.717) is 34.7 Å². The lowest BCUT2D eigenvalue weighted by atomic mass is 10.1. The summed E-state index contributed by atoms with van der Waals surface area (Å²) in [5, 5.41) is 0.591. The number of hydrogen-bond acceptors (Lipinski definition) is 6. The number of thioether (sulfide) groups is 1. The van der Waals surface area contributed by atoms with Gasteiger partial charge in [0.25, 0.3) is 5.91 Å². The summed E-state index contributed by atoms with van der Waals surface area (Å²) in [6.07, 6.45) is 1.83. The van der Waals surface area contributed by atoms with Gasteiger partial charge >= 0.3 is 0 Å². The van der Waals surface area contributed by atoms with Gasteiger partial charge in [-0.05, 0) is 90.0 Å². The van der Waals surface area contributed by atoms with Crippen molar-refractivity contribution in [2.24, 2.45) is 4.99 Å². The van der Waals surface area contributed by atoms with Crippen LogP contribution in [0.15, 0.2) is 105 Å². The van der Waals surface area contributed by atoms with Crippen molar-refractivity contribution in [2.75, 3.05) is 13.7 Å². The fraction of sp³-hybridized carbons (Fsp3) is 0.152. The number of amides is 1.